The zero-order chi connectivity index (χ0) is 36.5. The predicted octanol–water partition coefficient (Wildman–Crippen LogP) is 7.52. The topological polar surface area (TPSA) is 126 Å². The van der Waals surface area contributed by atoms with Crippen LogP contribution in [0.4, 0.5) is 15.0 Å². The smallest absolute Gasteiger partial charge is 0.410 e. The van der Waals surface area contributed by atoms with Crippen molar-refractivity contribution in [1.82, 2.24) is 15.4 Å². The molecule has 2 fully saturated rings. The minimum absolute atomic E-state index is 0.0431. The normalized spacial score (nSPS) is 16.8. The molecule has 2 aromatic carbocycles. The number of nitrogens with zero attached hydrogens (tertiary/aromatic N) is 4. The molecule has 11 nitrogen and oxygen atoms in total. The fourth-order valence-corrected chi connectivity index (χ4v) is 6.48. The van der Waals surface area contributed by atoms with Crippen molar-refractivity contribution < 1.29 is 33.0 Å². The third-order valence-electron chi connectivity index (χ3n) is 8.54. The first-order valence-corrected chi connectivity index (χ1v) is 17.8. The van der Waals surface area contributed by atoms with E-state index in [9.17, 15) is 14.0 Å². The summed E-state index contributed by atoms with van der Waals surface area (Å²) in [7, 11) is 1.56. The Labute approximate surface area is 306 Å². The highest BCUT2D eigenvalue weighted by Crippen LogP contribution is 2.38. The Balaban J connectivity index is 1.26. The molecule has 2 amide bonds. The monoisotopic (exact) mass is 763 g/mol. The highest BCUT2D eigenvalue weighted by atomic mass is 79.9. The molecule has 1 unspecified atom stereocenters. The Morgan fingerprint density at radius 1 is 1.14 bits per heavy atom. The van der Waals surface area contributed by atoms with E-state index in [1.165, 1.54) is 18.2 Å². The van der Waals surface area contributed by atoms with Gasteiger partial charge >= 0.3 is 6.09 Å². The number of ether oxygens (including phenoxy) is 3. The Morgan fingerprint density at radius 2 is 1.88 bits per heavy atom. The van der Waals surface area contributed by atoms with Crippen LogP contribution in [-0.4, -0.2) is 66.6 Å². The maximum atomic E-state index is 14.5. The van der Waals surface area contributed by atoms with Crippen LogP contribution in [-0.2, 0) is 25.7 Å². The predicted molar refractivity (Wildman–Crippen MR) is 194 cm³/mol. The van der Waals surface area contributed by atoms with Crippen LogP contribution >= 0.6 is 15.9 Å². The van der Waals surface area contributed by atoms with E-state index < -0.39 is 23.8 Å². The van der Waals surface area contributed by atoms with Crippen LogP contribution < -0.4 is 15.1 Å². The number of anilines is 1. The zero-order valence-corrected chi connectivity index (χ0v) is 30.9. The molecular formula is C38H43BrFN5O6. The molecule has 2 aliphatic rings. The van der Waals surface area contributed by atoms with Crippen molar-refractivity contribution in [3.8, 4) is 23.1 Å². The molecule has 0 spiro atoms. The molecule has 5 rings (SSSR count). The molecule has 1 N–H and O–H groups in total. The number of rotatable bonds is 10. The summed E-state index contributed by atoms with van der Waals surface area (Å²) < 4.78 is 32.0. The summed E-state index contributed by atoms with van der Waals surface area (Å²) in [5.74, 6) is 0.189. The maximum Gasteiger partial charge on any atom is 0.410 e. The van der Waals surface area contributed by atoms with E-state index in [-0.39, 0.29) is 17.5 Å². The van der Waals surface area contributed by atoms with Crippen LogP contribution in [0.25, 0.3) is 17.3 Å². The van der Waals surface area contributed by atoms with Gasteiger partial charge in [0.2, 0.25) is 0 Å². The Kier molecular flexibility index (Phi) is 12.7. The lowest BCUT2D eigenvalue weighted by molar-refractivity contribution is -0.198. The lowest BCUT2D eigenvalue weighted by Crippen LogP contribution is -2.48. The van der Waals surface area contributed by atoms with Crippen LogP contribution in [0.1, 0.15) is 69.6 Å². The van der Waals surface area contributed by atoms with E-state index in [2.05, 4.69) is 26.3 Å². The second-order valence-corrected chi connectivity index (χ2v) is 14.2. The van der Waals surface area contributed by atoms with Gasteiger partial charge < -0.3 is 24.0 Å². The molecule has 0 saturated carbocycles. The van der Waals surface area contributed by atoms with Gasteiger partial charge in [-0.25, -0.2) is 24.5 Å². The molecule has 0 radical (unpaired) electrons. The molecule has 1 atom stereocenters. The van der Waals surface area contributed by atoms with Gasteiger partial charge in [-0.2, -0.15) is 5.26 Å². The summed E-state index contributed by atoms with van der Waals surface area (Å²) in [6, 6.07) is 15.6. The van der Waals surface area contributed by atoms with Gasteiger partial charge in [0.05, 0.1) is 22.8 Å². The lowest BCUT2D eigenvalue weighted by atomic mass is 10.0. The van der Waals surface area contributed by atoms with Gasteiger partial charge in [0, 0.05) is 56.4 Å². The summed E-state index contributed by atoms with van der Waals surface area (Å²) in [6.07, 6.45) is 6.34. The van der Waals surface area contributed by atoms with Crippen LogP contribution in [0, 0.1) is 17.1 Å². The van der Waals surface area contributed by atoms with Crippen LogP contribution in [0.3, 0.4) is 0 Å². The van der Waals surface area contributed by atoms with Crippen molar-refractivity contribution in [1.29, 1.82) is 5.26 Å². The van der Waals surface area contributed by atoms with Gasteiger partial charge in [0.25, 0.3) is 5.91 Å². The number of benzene rings is 2. The van der Waals surface area contributed by atoms with Crippen molar-refractivity contribution in [3.05, 3.63) is 81.6 Å². The fraction of sp³-hybridized carbons (Fsp3) is 0.421. The van der Waals surface area contributed by atoms with Gasteiger partial charge in [-0.3, -0.25) is 4.79 Å². The van der Waals surface area contributed by atoms with Crippen LogP contribution in [0.15, 0.2) is 59.1 Å². The number of nitrogens with one attached hydrogen (secondary N) is 1. The average molecular weight is 765 g/mol. The van der Waals surface area contributed by atoms with E-state index >= 15 is 0 Å². The Morgan fingerprint density at radius 3 is 2.51 bits per heavy atom. The second-order valence-electron chi connectivity index (χ2n) is 13.4. The molecule has 51 heavy (non-hydrogen) atoms. The van der Waals surface area contributed by atoms with E-state index in [4.69, 9.17) is 29.3 Å². The van der Waals surface area contributed by atoms with Gasteiger partial charge in [-0.1, -0.05) is 30.3 Å². The van der Waals surface area contributed by atoms with Crippen molar-refractivity contribution in [2.45, 2.75) is 77.4 Å². The molecule has 0 aliphatic carbocycles. The number of carbonyl (C=O) groups excluding carboxylic acids is 2. The number of hydrogen-bond acceptors (Lipinski definition) is 9. The van der Waals surface area contributed by atoms with E-state index in [0.29, 0.717) is 66.4 Å². The summed E-state index contributed by atoms with van der Waals surface area (Å²) in [6.45, 7) is 7.72. The minimum atomic E-state index is -0.669. The van der Waals surface area contributed by atoms with Crippen LogP contribution in [0.5, 0.6) is 5.75 Å². The molecule has 3 aromatic rings. The maximum absolute atomic E-state index is 14.5. The van der Waals surface area contributed by atoms with Gasteiger partial charge in [0.15, 0.2) is 6.29 Å². The number of amides is 2. The number of nitriles is 1. The molecule has 2 saturated heterocycles. The molecular weight excluding hydrogens is 721 g/mol. The number of piperidine rings is 1. The van der Waals surface area contributed by atoms with Crippen molar-refractivity contribution >= 4 is 39.8 Å². The summed E-state index contributed by atoms with van der Waals surface area (Å²) in [4.78, 5) is 39.9. The number of hydrogen-bond donors (Lipinski definition) is 1. The number of pyridine rings is 1. The molecule has 3 heterocycles. The number of aromatic nitrogens is 1. The van der Waals surface area contributed by atoms with Gasteiger partial charge in [0.1, 0.15) is 29.1 Å². The van der Waals surface area contributed by atoms with Crippen LogP contribution in [0.2, 0.25) is 0 Å². The summed E-state index contributed by atoms with van der Waals surface area (Å²) in [5, 5.41) is 9.16. The third-order valence-corrected chi connectivity index (χ3v) is 9.31. The van der Waals surface area contributed by atoms with Gasteiger partial charge in [-0.05, 0) is 91.7 Å². The quantitative estimate of drug-likeness (QED) is 0.165. The van der Waals surface area contributed by atoms with Crippen molar-refractivity contribution in [3.63, 3.8) is 0 Å². The fourth-order valence-electron chi connectivity index (χ4n) is 5.88. The highest BCUT2D eigenvalue weighted by molar-refractivity contribution is 9.10. The molecule has 0 bridgehead atoms. The van der Waals surface area contributed by atoms with E-state index in [1.54, 1.807) is 24.2 Å². The number of carbonyl (C=O) groups is 2. The number of hydroxylamine groups is 1. The average Bonchev–Trinajstić information content (AvgIpc) is 3.12. The second kappa shape index (κ2) is 17.1. The first-order chi connectivity index (χ1) is 24.4. The number of methoxy groups -OCH3 is 1. The third kappa shape index (κ3) is 10.3. The first-order valence-electron chi connectivity index (χ1n) is 17.0. The molecule has 1 aromatic heterocycles. The largest absolute Gasteiger partial charge is 0.495 e. The summed E-state index contributed by atoms with van der Waals surface area (Å²) in [5.41, 5.74) is 4.44. The molecule has 270 valence electrons. The SMILES string of the molecule is COc1cc(N2CCC(N(Cc3ccc(/C=C/C(=O)NOC4CCCCO4)cc3)C(=O)OC(C)(C)C)CC2)nc(-c2ccc(C#N)c(F)c2)c1Br. The van der Waals surface area contributed by atoms with E-state index in [1.807, 2.05) is 57.2 Å². The molecule has 13 heteroatoms. The van der Waals surface area contributed by atoms with Crippen molar-refractivity contribution in [2.75, 3.05) is 31.7 Å². The van der Waals surface area contributed by atoms with Crippen molar-refractivity contribution in [2.24, 2.45) is 0 Å². The van der Waals surface area contributed by atoms with E-state index in [0.717, 1.165) is 30.4 Å². The molecule has 2 aliphatic heterocycles. The first kappa shape index (κ1) is 37.7. The summed E-state index contributed by atoms with van der Waals surface area (Å²) >= 11 is 3.55. The zero-order valence-electron chi connectivity index (χ0n) is 29.3. The Bertz CT molecular complexity index is 1760. The highest BCUT2D eigenvalue weighted by Gasteiger charge is 2.32. The lowest BCUT2D eigenvalue weighted by Gasteiger charge is -2.39. The minimum Gasteiger partial charge on any atom is -0.495 e. The number of halogens is 2. The Hall–Kier alpha value is -4.51. The standard InChI is InChI=1S/C38H43BrFN5O6/c1-38(2,3)50-37(47)45(24-26-10-8-25(9-11-26)12-15-33(46)43-51-34-7-5-6-20-49-34)29-16-18-44(19-17-29)32-22-31(48-4)35(39)36(42-32)27-13-14-28(23-41)30(40)21-27/h8-15,21-22,29,34H,5-7,16-20,24H2,1-4H3,(H,43,46)/b15-12+. The van der Waals surface area contributed by atoms with Gasteiger partial charge in [-0.15, -0.1) is 0 Å².